The fourth-order valence-corrected chi connectivity index (χ4v) is 1.60. The van der Waals surface area contributed by atoms with Gasteiger partial charge in [0.05, 0.1) is 5.69 Å². The normalized spacial score (nSPS) is 15.8. The Morgan fingerprint density at radius 2 is 2.21 bits per heavy atom. The number of carbonyl (C=O) groups is 1. The van der Waals surface area contributed by atoms with Crippen molar-refractivity contribution in [1.82, 2.24) is 5.43 Å². The quantitative estimate of drug-likeness (QED) is 0.710. The average molecular weight is 191 g/mol. The van der Waals surface area contributed by atoms with Crippen molar-refractivity contribution in [3.63, 3.8) is 0 Å². The smallest absolute Gasteiger partial charge is 0.240 e. The van der Waals surface area contributed by atoms with Gasteiger partial charge in [-0.15, -0.1) is 0 Å². The van der Waals surface area contributed by atoms with Crippen LogP contribution in [0.25, 0.3) is 0 Å². The molecule has 1 aliphatic rings. The van der Waals surface area contributed by atoms with E-state index in [0.717, 1.165) is 17.8 Å². The Labute approximate surface area is 82.7 Å². The van der Waals surface area contributed by atoms with E-state index in [2.05, 4.69) is 5.43 Å². The Balaban J connectivity index is 2.27. The third kappa shape index (κ3) is 1.56. The summed E-state index contributed by atoms with van der Waals surface area (Å²) < 4.78 is 0. The van der Waals surface area contributed by atoms with Crippen molar-refractivity contribution in [2.24, 2.45) is 5.73 Å². The van der Waals surface area contributed by atoms with Crippen molar-refractivity contribution in [1.29, 1.82) is 0 Å². The lowest BCUT2D eigenvalue weighted by molar-refractivity contribution is -0.119. The van der Waals surface area contributed by atoms with Crippen molar-refractivity contribution in [3.8, 4) is 0 Å². The van der Waals surface area contributed by atoms with Gasteiger partial charge >= 0.3 is 0 Å². The molecule has 2 rings (SSSR count). The van der Waals surface area contributed by atoms with E-state index < -0.39 is 0 Å². The number of anilines is 1. The molecule has 0 saturated carbocycles. The standard InChI is InChI=1S/C10H13N3O/c11-7-8-3-1-2-4-9(8)13-6-5-10(14)12-13/h1-4H,5-7,11H2,(H,12,14). The maximum Gasteiger partial charge on any atom is 0.240 e. The molecule has 1 amide bonds. The van der Waals surface area contributed by atoms with Crippen molar-refractivity contribution in [3.05, 3.63) is 29.8 Å². The monoisotopic (exact) mass is 191 g/mol. The number of nitrogens with two attached hydrogens (primary N) is 1. The second kappa shape index (κ2) is 3.67. The van der Waals surface area contributed by atoms with Gasteiger partial charge in [-0.1, -0.05) is 18.2 Å². The molecule has 0 unspecified atom stereocenters. The summed E-state index contributed by atoms with van der Waals surface area (Å²) in [5.41, 5.74) is 10.4. The molecule has 0 bridgehead atoms. The van der Waals surface area contributed by atoms with Crippen molar-refractivity contribution in [2.75, 3.05) is 11.6 Å². The Morgan fingerprint density at radius 1 is 1.43 bits per heavy atom. The average Bonchev–Trinajstić information content (AvgIpc) is 2.65. The molecular formula is C10H13N3O. The Kier molecular flexibility index (Phi) is 2.37. The lowest BCUT2D eigenvalue weighted by atomic mass is 10.2. The number of nitrogens with one attached hydrogen (secondary N) is 1. The Morgan fingerprint density at radius 3 is 2.86 bits per heavy atom. The number of carbonyl (C=O) groups excluding carboxylic acids is 1. The lowest BCUT2D eigenvalue weighted by Gasteiger charge is -2.20. The van der Waals surface area contributed by atoms with Crippen molar-refractivity contribution < 1.29 is 4.79 Å². The molecule has 74 valence electrons. The first-order chi connectivity index (χ1) is 6.81. The third-order valence-electron chi connectivity index (χ3n) is 2.32. The first kappa shape index (κ1) is 9.02. The van der Waals surface area contributed by atoms with E-state index >= 15 is 0 Å². The first-order valence-corrected chi connectivity index (χ1v) is 4.66. The number of para-hydroxylation sites is 1. The second-order valence-electron chi connectivity index (χ2n) is 3.27. The van der Waals surface area contributed by atoms with Gasteiger partial charge in [0.2, 0.25) is 5.91 Å². The predicted octanol–water partition coefficient (Wildman–Crippen LogP) is 0.387. The summed E-state index contributed by atoms with van der Waals surface area (Å²) in [6, 6.07) is 7.83. The number of rotatable bonds is 2. The van der Waals surface area contributed by atoms with E-state index in [1.807, 2.05) is 29.3 Å². The summed E-state index contributed by atoms with van der Waals surface area (Å²) in [5.74, 6) is 0.0665. The van der Waals surface area contributed by atoms with Gasteiger partial charge in [-0.3, -0.25) is 15.2 Å². The molecule has 1 saturated heterocycles. The molecule has 0 aromatic heterocycles. The van der Waals surface area contributed by atoms with Crippen LogP contribution in [0.2, 0.25) is 0 Å². The summed E-state index contributed by atoms with van der Waals surface area (Å²) in [4.78, 5) is 11.0. The molecule has 1 heterocycles. The van der Waals surface area contributed by atoms with E-state index in [0.29, 0.717) is 13.0 Å². The van der Waals surface area contributed by atoms with Crippen LogP contribution in [0, 0.1) is 0 Å². The highest BCUT2D eigenvalue weighted by molar-refractivity contribution is 5.81. The van der Waals surface area contributed by atoms with Crippen LogP contribution in [0.1, 0.15) is 12.0 Å². The van der Waals surface area contributed by atoms with Gasteiger partial charge in [0, 0.05) is 19.5 Å². The molecule has 1 fully saturated rings. The van der Waals surface area contributed by atoms with Gasteiger partial charge in [0.25, 0.3) is 0 Å². The molecule has 0 radical (unpaired) electrons. The van der Waals surface area contributed by atoms with Gasteiger partial charge < -0.3 is 5.73 Å². The van der Waals surface area contributed by atoms with Crippen LogP contribution in [0.3, 0.4) is 0 Å². The van der Waals surface area contributed by atoms with Crippen LogP contribution in [-0.2, 0) is 11.3 Å². The minimum absolute atomic E-state index is 0.0665. The predicted molar refractivity (Wildman–Crippen MR) is 54.4 cm³/mol. The molecule has 1 aliphatic heterocycles. The van der Waals surface area contributed by atoms with Crippen LogP contribution in [0.5, 0.6) is 0 Å². The molecule has 0 spiro atoms. The van der Waals surface area contributed by atoms with Crippen LogP contribution in [-0.4, -0.2) is 12.5 Å². The minimum atomic E-state index is 0.0665. The van der Waals surface area contributed by atoms with Gasteiger partial charge in [-0.25, -0.2) is 0 Å². The maximum absolute atomic E-state index is 11.0. The van der Waals surface area contributed by atoms with Crippen LogP contribution in [0.4, 0.5) is 5.69 Å². The highest BCUT2D eigenvalue weighted by Gasteiger charge is 2.19. The fourth-order valence-electron chi connectivity index (χ4n) is 1.60. The number of nitrogens with zero attached hydrogens (tertiary/aromatic N) is 1. The van der Waals surface area contributed by atoms with Gasteiger partial charge in [0.1, 0.15) is 0 Å². The molecule has 4 nitrogen and oxygen atoms in total. The van der Waals surface area contributed by atoms with E-state index in [1.54, 1.807) is 0 Å². The summed E-state index contributed by atoms with van der Waals surface area (Å²) in [7, 11) is 0. The largest absolute Gasteiger partial charge is 0.326 e. The van der Waals surface area contributed by atoms with Crippen molar-refractivity contribution >= 4 is 11.6 Å². The highest BCUT2D eigenvalue weighted by atomic mass is 16.2. The molecule has 1 aromatic carbocycles. The number of hydrogen-bond donors (Lipinski definition) is 2. The lowest BCUT2D eigenvalue weighted by Crippen LogP contribution is -2.33. The Bertz CT molecular complexity index is 351. The van der Waals surface area contributed by atoms with E-state index in [-0.39, 0.29) is 5.91 Å². The molecular weight excluding hydrogens is 178 g/mol. The van der Waals surface area contributed by atoms with E-state index in [4.69, 9.17) is 5.73 Å². The molecule has 3 N–H and O–H groups in total. The van der Waals surface area contributed by atoms with E-state index in [9.17, 15) is 4.79 Å². The van der Waals surface area contributed by atoms with Crippen molar-refractivity contribution in [2.45, 2.75) is 13.0 Å². The summed E-state index contributed by atoms with van der Waals surface area (Å²) in [6.45, 7) is 1.21. The van der Waals surface area contributed by atoms with Gasteiger partial charge in [-0.2, -0.15) is 0 Å². The maximum atomic E-state index is 11.0. The fraction of sp³-hybridized carbons (Fsp3) is 0.300. The summed E-state index contributed by atoms with van der Waals surface area (Å²) in [6.07, 6.45) is 0.554. The topological polar surface area (TPSA) is 58.4 Å². The number of benzene rings is 1. The molecule has 0 atom stereocenters. The number of hydrazine groups is 1. The van der Waals surface area contributed by atoms with Crippen LogP contribution in [0.15, 0.2) is 24.3 Å². The molecule has 4 heteroatoms. The molecule has 0 aliphatic carbocycles. The molecule has 14 heavy (non-hydrogen) atoms. The summed E-state index contributed by atoms with van der Waals surface area (Å²) in [5, 5.41) is 1.85. The van der Waals surface area contributed by atoms with Crippen LogP contribution >= 0.6 is 0 Å². The van der Waals surface area contributed by atoms with E-state index in [1.165, 1.54) is 0 Å². The Hall–Kier alpha value is -1.55. The van der Waals surface area contributed by atoms with Gasteiger partial charge in [0.15, 0.2) is 0 Å². The highest BCUT2D eigenvalue weighted by Crippen LogP contribution is 2.20. The third-order valence-corrected chi connectivity index (χ3v) is 2.32. The second-order valence-corrected chi connectivity index (χ2v) is 3.27. The molecule has 1 aromatic rings. The number of amides is 1. The zero-order valence-electron chi connectivity index (χ0n) is 7.86. The minimum Gasteiger partial charge on any atom is -0.326 e. The summed E-state index contributed by atoms with van der Waals surface area (Å²) >= 11 is 0. The van der Waals surface area contributed by atoms with Crippen LogP contribution < -0.4 is 16.2 Å². The zero-order valence-corrected chi connectivity index (χ0v) is 7.86. The zero-order chi connectivity index (χ0) is 9.97. The van der Waals surface area contributed by atoms with Gasteiger partial charge in [-0.05, 0) is 11.6 Å². The first-order valence-electron chi connectivity index (χ1n) is 4.66. The SMILES string of the molecule is NCc1ccccc1N1CCC(=O)N1. The number of hydrogen-bond acceptors (Lipinski definition) is 3.